The molecule has 0 spiro atoms. The van der Waals surface area contributed by atoms with Crippen molar-refractivity contribution in [3.63, 3.8) is 0 Å². The molecule has 0 amide bonds. The van der Waals surface area contributed by atoms with E-state index in [1.807, 2.05) is 11.6 Å². The third kappa shape index (κ3) is 3.24. The molecule has 2 N–H and O–H groups in total. The van der Waals surface area contributed by atoms with Gasteiger partial charge in [0, 0.05) is 38.1 Å². The molecule has 2 atom stereocenters. The van der Waals surface area contributed by atoms with E-state index in [1.54, 1.807) is 12.3 Å². The molecular formula is C14H23N3O2S. The number of aryl methyl sites for hydroxylation is 1. The van der Waals surface area contributed by atoms with Gasteiger partial charge in [0.2, 0.25) is 10.0 Å². The average molecular weight is 297 g/mol. The molecule has 112 valence electrons. The molecule has 3 rings (SSSR count). The summed E-state index contributed by atoms with van der Waals surface area (Å²) in [5.74, 6) is 1.18. The van der Waals surface area contributed by atoms with Crippen molar-refractivity contribution in [2.24, 2.45) is 18.9 Å². The Morgan fingerprint density at radius 1 is 1.40 bits per heavy atom. The molecule has 2 fully saturated rings. The summed E-state index contributed by atoms with van der Waals surface area (Å²) < 4.78 is 29.1. The highest BCUT2D eigenvalue weighted by atomic mass is 32.2. The fourth-order valence-corrected chi connectivity index (χ4v) is 3.61. The SMILES string of the molecule is CC1CC1CNS(=O)(=O)c1cc(CNC2CC2)n(C)c1. The summed E-state index contributed by atoms with van der Waals surface area (Å²) in [4.78, 5) is 0.376. The van der Waals surface area contributed by atoms with E-state index in [1.165, 1.54) is 12.8 Å². The van der Waals surface area contributed by atoms with E-state index >= 15 is 0 Å². The maximum absolute atomic E-state index is 12.2. The number of hydrogen-bond donors (Lipinski definition) is 2. The first kappa shape index (κ1) is 14.1. The minimum Gasteiger partial charge on any atom is -0.352 e. The normalized spacial score (nSPS) is 25.9. The fraction of sp³-hybridized carbons (Fsp3) is 0.714. The topological polar surface area (TPSA) is 63.1 Å². The lowest BCUT2D eigenvalue weighted by atomic mass is 10.3. The molecular weight excluding hydrogens is 274 g/mol. The molecule has 1 aromatic heterocycles. The molecule has 5 nitrogen and oxygen atoms in total. The van der Waals surface area contributed by atoms with Crippen molar-refractivity contribution >= 4 is 10.0 Å². The number of sulfonamides is 1. The van der Waals surface area contributed by atoms with Gasteiger partial charge in [-0.25, -0.2) is 13.1 Å². The first-order valence-corrected chi connectivity index (χ1v) is 8.82. The predicted molar refractivity (Wildman–Crippen MR) is 77.7 cm³/mol. The van der Waals surface area contributed by atoms with Crippen LogP contribution >= 0.6 is 0 Å². The Kier molecular flexibility index (Phi) is 3.64. The van der Waals surface area contributed by atoms with E-state index in [2.05, 4.69) is 17.0 Å². The molecule has 1 aromatic rings. The van der Waals surface area contributed by atoms with Crippen LogP contribution in [-0.4, -0.2) is 25.6 Å². The summed E-state index contributed by atoms with van der Waals surface area (Å²) in [7, 11) is -1.47. The molecule has 20 heavy (non-hydrogen) atoms. The van der Waals surface area contributed by atoms with Crippen LogP contribution in [0, 0.1) is 11.8 Å². The van der Waals surface area contributed by atoms with Crippen molar-refractivity contribution in [2.75, 3.05) is 6.54 Å². The quantitative estimate of drug-likeness (QED) is 0.795. The van der Waals surface area contributed by atoms with Crippen LogP contribution in [0.2, 0.25) is 0 Å². The monoisotopic (exact) mass is 297 g/mol. The van der Waals surface area contributed by atoms with Gasteiger partial charge < -0.3 is 9.88 Å². The molecule has 0 aromatic carbocycles. The summed E-state index contributed by atoms with van der Waals surface area (Å²) in [5, 5.41) is 3.41. The van der Waals surface area contributed by atoms with Crippen LogP contribution in [0.15, 0.2) is 17.2 Å². The maximum Gasteiger partial charge on any atom is 0.242 e. The predicted octanol–water partition coefficient (Wildman–Crippen LogP) is 1.21. The van der Waals surface area contributed by atoms with E-state index in [4.69, 9.17) is 0 Å². The first-order chi connectivity index (χ1) is 9.45. The molecule has 0 bridgehead atoms. The zero-order chi connectivity index (χ0) is 14.3. The Morgan fingerprint density at radius 3 is 2.70 bits per heavy atom. The van der Waals surface area contributed by atoms with Crippen LogP contribution in [0.1, 0.15) is 31.9 Å². The van der Waals surface area contributed by atoms with Gasteiger partial charge in [0.25, 0.3) is 0 Å². The van der Waals surface area contributed by atoms with Gasteiger partial charge in [-0.15, -0.1) is 0 Å². The Hall–Kier alpha value is -0.850. The molecule has 2 aliphatic rings. The lowest BCUT2D eigenvalue weighted by Crippen LogP contribution is -2.25. The lowest BCUT2D eigenvalue weighted by molar-refractivity contribution is 0.574. The molecule has 0 radical (unpaired) electrons. The van der Waals surface area contributed by atoms with Crippen LogP contribution in [0.25, 0.3) is 0 Å². The highest BCUT2D eigenvalue weighted by Gasteiger charge is 2.33. The third-order valence-corrected chi connectivity index (χ3v) is 5.74. The highest BCUT2D eigenvalue weighted by molar-refractivity contribution is 7.89. The number of hydrogen-bond acceptors (Lipinski definition) is 3. The van der Waals surface area contributed by atoms with Crippen molar-refractivity contribution in [1.29, 1.82) is 0 Å². The maximum atomic E-state index is 12.2. The summed E-state index contributed by atoms with van der Waals surface area (Å²) in [5.41, 5.74) is 1.01. The number of rotatable bonds is 7. The molecule has 0 saturated heterocycles. The van der Waals surface area contributed by atoms with Crippen molar-refractivity contribution in [2.45, 2.75) is 43.7 Å². The Balaban J connectivity index is 1.63. The Morgan fingerprint density at radius 2 is 2.10 bits per heavy atom. The summed E-state index contributed by atoms with van der Waals surface area (Å²) in [6, 6.07) is 2.40. The van der Waals surface area contributed by atoms with E-state index in [0.29, 0.717) is 29.3 Å². The lowest BCUT2D eigenvalue weighted by Gasteiger charge is -2.03. The molecule has 2 unspecified atom stereocenters. The van der Waals surface area contributed by atoms with Gasteiger partial charge in [-0.1, -0.05) is 6.92 Å². The number of nitrogens with zero attached hydrogens (tertiary/aromatic N) is 1. The molecule has 6 heteroatoms. The Bertz CT molecular complexity index is 590. The average Bonchev–Trinajstić information content (AvgIpc) is 3.29. The summed E-state index contributed by atoms with van der Waals surface area (Å²) >= 11 is 0. The smallest absolute Gasteiger partial charge is 0.242 e. The van der Waals surface area contributed by atoms with Gasteiger partial charge >= 0.3 is 0 Å². The van der Waals surface area contributed by atoms with Crippen LogP contribution in [-0.2, 0) is 23.6 Å². The minimum atomic E-state index is -3.36. The highest BCUT2D eigenvalue weighted by Crippen LogP contribution is 2.37. The van der Waals surface area contributed by atoms with Gasteiger partial charge in [-0.3, -0.25) is 0 Å². The van der Waals surface area contributed by atoms with Crippen LogP contribution in [0.4, 0.5) is 0 Å². The van der Waals surface area contributed by atoms with Crippen molar-refractivity contribution < 1.29 is 8.42 Å². The van der Waals surface area contributed by atoms with E-state index in [9.17, 15) is 8.42 Å². The second-order valence-electron chi connectivity index (χ2n) is 6.26. The minimum absolute atomic E-state index is 0.376. The summed E-state index contributed by atoms with van der Waals surface area (Å²) in [6.45, 7) is 3.45. The van der Waals surface area contributed by atoms with Crippen LogP contribution < -0.4 is 10.0 Å². The third-order valence-electron chi connectivity index (χ3n) is 4.35. The van der Waals surface area contributed by atoms with Crippen LogP contribution in [0.3, 0.4) is 0 Å². The fourth-order valence-electron chi connectivity index (χ4n) is 2.42. The molecule has 1 heterocycles. The van der Waals surface area contributed by atoms with Gasteiger partial charge in [0.05, 0.1) is 4.90 Å². The van der Waals surface area contributed by atoms with Crippen molar-refractivity contribution in [3.05, 3.63) is 18.0 Å². The second-order valence-corrected chi connectivity index (χ2v) is 8.03. The van der Waals surface area contributed by atoms with E-state index < -0.39 is 10.0 Å². The Labute approximate surface area is 120 Å². The standard InChI is InChI=1S/C14H23N3O2S/c1-10-5-11(10)7-16-20(18,19)14-6-13(17(2)9-14)8-15-12-3-4-12/h6,9-12,15-16H,3-5,7-8H2,1-2H3. The zero-order valence-electron chi connectivity index (χ0n) is 12.1. The van der Waals surface area contributed by atoms with Crippen molar-refractivity contribution in [1.82, 2.24) is 14.6 Å². The van der Waals surface area contributed by atoms with Crippen molar-refractivity contribution in [3.8, 4) is 0 Å². The molecule has 2 saturated carbocycles. The second kappa shape index (κ2) is 5.16. The van der Waals surface area contributed by atoms with Gasteiger partial charge in [-0.05, 0) is 37.2 Å². The van der Waals surface area contributed by atoms with E-state index in [0.717, 1.165) is 18.7 Å². The first-order valence-electron chi connectivity index (χ1n) is 7.34. The number of aromatic nitrogens is 1. The van der Waals surface area contributed by atoms with E-state index in [-0.39, 0.29) is 0 Å². The van der Waals surface area contributed by atoms with Crippen LogP contribution in [0.5, 0.6) is 0 Å². The largest absolute Gasteiger partial charge is 0.352 e. The van der Waals surface area contributed by atoms with Gasteiger partial charge in [0.15, 0.2) is 0 Å². The van der Waals surface area contributed by atoms with Gasteiger partial charge in [-0.2, -0.15) is 0 Å². The molecule has 0 aliphatic heterocycles. The summed E-state index contributed by atoms with van der Waals surface area (Å²) in [6.07, 6.45) is 5.30. The molecule has 2 aliphatic carbocycles. The number of nitrogens with one attached hydrogen (secondary N) is 2. The van der Waals surface area contributed by atoms with Gasteiger partial charge in [0.1, 0.15) is 0 Å². The zero-order valence-corrected chi connectivity index (χ0v) is 12.9.